The molecule has 0 fully saturated rings. The highest BCUT2D eigenvalue weighted by Gasteiger charge is 2.37. The smallest absolute Gasteiger partial charge is 0.271 e. The number of benzene rings is 2. The van der Waals surface area contributed by atoms with Gasteiger partial charge in [-0.05, 0) is 36.8 Å². The Morgan fingerprint density at radius 2 is 1.84 bits per heavy atom. The predicted molar refractivity (Wildman–Crippen MR) is 117 cm³/mol. The summed E-state index contributed by atoms with van der Waals surface area (Å²) >= 11 is 0. The summed E-state index contributed by atoms with van der Waals surface area (Å²) in [4.78, 5) is 28.4. The lowest BCUT2D eigenvalue weighted by atomic mass is 10.1. The number of nitrogens with zero attached hydrogens (tertiary/aromatic N) is 2. The fourth-order valence-electron chi connectivity index (χ4n) is 4.20. The zero-order chi connectivity index (χ0) is 21.4. The largest absolute Gasteiger partial charge is 0.465 e. The molecule has 1 aliphatic rings. The highest BCUT2D eigenvalue weighted by atomic mass is 16.3. The van der Waals surface area contributed by atoms with Crippen LogP contribution in [-0.4, -0.2) is 27.3 Å². The molecule has 0 radical (unpaired) electrons. The van der Waals surface area contributed by atoms with E-state index >= 15 is 0 Å². The third-order valence-electron chi connectivity index (χ3n) is 5.75. The van der Waals surface area contributed by atoms with Crippen LogP contribution in [0.4, 0.5) is 0 Å². The molecular weight excluding hydrogens is 390 g/mol. The molecular formula is C25H23N3O3. The maximum Gasteiger partial charge on any atom is 0.271 e. The van der Waals surface area contributed by atoms with Gasteiger partial charge in [-0.25, -0.2) is 0 Å². The molecule has 1 N–H and O–H groups in total. The molecule has 0 saturated heterocycles. The number of nitrogens with one attached hydrogen (secondary N) is 1. The third kappa shape index (κ3) is 3.61. The van der Waals surface area contributed by atoms with Gasteiger partial charge in [-0.3, -0.25) is 9.59 Å². The first-order valence-electron chi connectivity index (χ1n) is 10.4. The van der Waals surface area contributed by atoms with Crippen molar-refractivity contribution in [1.29, 1.82) is 0 Å². The first-order valence-corrected chi connectivity index (χ1v) is 10.4. The van der Waals surface area contributed by atoms with E-state index in [4.69, 9.17) is 4.42 Å². The van der Waals surface area contributed by atoms with Crippen LogP contribution in [0.25, 0.3) is 10.9 Å². The van der Waals surface area contributed by atoms with Crippen molar-refractivity contribution in [3.63, 3.8) is 0 Å². The minimum Gasteiger partial charge on any atom is -0.465 e. The van der Waals surface area contributed by atoms with E-state index in [1.165, 1.54) is 0 Å². The van der Waals surface area contributed by atoms with Crippen LogP contribution in [-0.2, 0) is 24.4 Å². The number of hydrogen-bond acceptors (Lipinski definition) is 3. The molecule has 2 aromatic heterocycles. The second-order valence-corrected chi connectivity index (χ2v) is 7.86. The van der Waals surface area contributed by atoms with Gasteiger partial charge in [0.25, 0.3) is 5.91 Å². The fourth-order valence-corrected chi connectivity index (χ4v) is 4.20. The molecule has 2 amide bonds. The highest BCUT2D eigenvalue weighted by Crippen LogP contribution is 2.28. The maximum atomic E-state index is 13.5. The molecule has 0 aliphatic carbocycles. The molecule has 5 rings (SSSR count). The summed E-state index contributed by atoms with van der Waals surface area (Å²) in [5, 5.41) is 3.95. The number of fused-ring (bicyclic) bond motifs is 3. The molecule has 3 heterocycles. The highest BCUT2D eigenvalue weighted by molar-refractivity contribution is 6.02. The first-order chi connectivity index (χ1) is 15.1. The van der Waals surface area contributed by atoms with Gasteiger partial charge in [-0.2, -0.15) is 0 Å². The maximum absolute atomic E-state index is 13.5. The Morgan fingerprint density at radius 3 is 2.61 bits per heavy atom. The Labute approximate surface area is 180 Å². The monoisotopic (exact) mass is 413 g/mol. The molecule has 1 aliphatic heterocycles. The van der Waals surface area contributed by atoms with Crippen molar-refractivity contribution in [2.75, 3.05) is 0 Å². The second-order valence-electron chi connectivity index (χ2n) is 7.86. The number of hydrogen-bond donors (Lipinski definition) is 1. The molecule has 2 aromatic carbocycles. The van der Waals surface area contributed by atoms with Gasteiger partial charge < -0.3 is 19.2 Å². The second kappa shape index (κ2) is 7.80. The van der Waals surface area contributed by atoms with E-state index in [-0.39, 0.29) is 18.4 Å². The molecule has 0 bridgehead atoms. The van der Waals surface area contributed by atoms with Gasteiger partial charge in [0, 0.05) is 17.4 Å². The van der Waals surface area contributed by atoms with Crippen LogP contribution in [0.5, 0.6) is 0 Å². The lowest BCUT2D eigenvalue weighted by molar-refractivity contribution is -0.127. The normalized spacial score (nSPS) is 15.8. The van der Waals surface area contributed by atoms with Crippen molar-refractivity contribution in [2.45, 2.75) is 32.6 Å². The van der Waals surface area contributed by atoms with Crippen LogP contribution in [0, 0.1) is 6.92 Å². The van der Waals surface area contributed by atoms with Crippen molar-refractivity contribution in [3.8, 4) is 0 Å². The van der Waals surface area contributed by atoms with Gasteiger partial charge in [0.05, 0.1) is 13.1 Å². The summed E-state index contributed by atoms with van der Waals surface area (Å²) in [5.41, 5.74) is 2.56. The number of aryl methyl sites for hydroxylation is 1. The van der Waals surface area contributed by atoms with Crippen LogP contribution in [0.3, 0.4) is 0 Å². The number of carbonyl (C=O) groups excluding carboxylic acids is 2. The van der Waals surface area contributed by atoms with E-state index in [0.717, 1.165) is 22.2 Å². The molecule has 1 atom stereocenters. The van der Waals surface area contributed by atoms with Crippen LogP contribution < -0.4 is 5.32 Å². The number of rotatable bonds is 5. The van der Waals surface area contributed by atoms with Gasteiger partial charge >= 0.3 is 0 Å². The standard InChI is InChI=1S/C25H23N3O3/c1-17-11-12-20(31-17)14-26-24(29)23-16-27-21-10-6-5-9-19(21)13-22(27)25(30)28(23)15-18-7-3-2-4-8-18/h2-13,23H,14-16H2,1H3,(H,26,29). The van der Waals surface area contributed by atoms with Gasteiger partial charge in [0.1, 0.15) is 23.3 Å². The molecule has 6 nitrogen and oxygen atoms in total. The quantitative estimate of drug-likeness (QED) is 0.540. The molecule has 4 aromatic rings. The van der Waals surface area contributed by atoms with Crippen molar-refractivity contribution in [3.05, 3.63) is 95.6 Å². The van der Waals surface area contributed by atoms with Gasteiger partial charge in [0.15, 0.2) is 0 Å². The van der Waals surface area contributed by atoms with Gasteiger partial charge in [-0.1, -0.05) is 48.5 Å². The summed E-state index contributed by atoms with van der Waals surface area (Å²) in [5.74, 6) is 1.16. The Kier molecular flexibility index (Phi) is 4.82. The van der Waals surface area contributed by atoms with E-state index < -0.39 is 6.04 Å². The van der Waals surface area contributed by atoms with Crippen LogP contribution in [0.2, 0.25) is 0 Å². The SMILES string of the molecule is Cc1ccc(CNC(=O)C2Cn3c(cc4ccccc43)C(=O)N2Cc2ccccc2)o1. The lowest BCUT2D eigenvalue weighted by Gasteiger charge is -2.36. The van der Waals surface area contributed by atoms with Crippen LogP contribution >= 0.6 is 0 Å². The average Bonchev–Trinajstić information content (AvgIpc) is 3.38. The van der Waals surface area contributed by atoms with Crippen molar-refractivity contribution in [1.82, 2.24) is 14.8 Å². The molecule has 0 saturated carbocycles. The third-order valence-corrected chi connectivity index (χ3v) is 5.75. The Bertz CT molecular complexity index is 1260. The average molecular weight is 413 g/mol. The molecule has 31 heavy (non-hydrogen) atoms. The fraction of sp³-hybridized carbons (Fsp3) is 0.200. The molecule has 6 heteroatoms. The summed E-state index contributed by atoms with van der Waals surface area (Å²) in [6.45, 7) is 2.94. The van der Waals surface area contributed by atoms with E-state index in [1.807, 2.05) is 84.3 Å². The van der Waals surface area contributed by atoms with Gasteiger partial charge in [-0.15, -0.1) is 0 Å². The van der Waals surface area contributed by atoms with E-state index in [1.54, 1.807) is 4.90 Å². The number of carbonyl (C=O) groups is 2. The molecule has 1 unspecified atom stereocenters. The number of aromatic nitrogens is 1. The Hall–Kier alpha value is -3.80. The predicted octanol–water partition coefficient (Wildman–Crippen LogP) is 3.88. The summed E-state index contributed by atoms with van der Waals surface area (Å²) in [6.07, 6.45) is 0. The number of amides is 2. The molecule has 156 valence electrons. The Morgan fingerprint density at radius 1 is 1.06 bits per heavy atom. The van der Waals surface area contributed by atoms with Crippen molar-refractivity contribution >= 4 is 22.7 Å². The number of furan rings is 1. The zero-order valence-corrected chi connectivity index (χ0v) is 17.2. The molecule has 0 spiro atoms. The van der Waals surface area contributed by atoms with Gasteiger partial charge in [0.2, 0.25) is 5.91 Å². The minimum atomic E-state index is -0.618. The summed E-state index contributed by atoms with van der Waals surface area (Å²) < 4.78 is 7.52. The first kappa shape index (κ1) is 19.2. The zero-order valence-electron chi connectivity index (χ0n) is 17.2. The number of para-hydroxylation sites is 1. The van der Waals surface area contributed by atoms with E-state index in [2.05, 4.69) is 5.32 Å². The minimum absolute atomic E-state index is 0.139. The lowest BCUT2D eigenvalue weighted by Crippen LogP contribution is -2.54. The van der Waals surface area contributed by atoms with Crippen LogP contribution in [0.1, 0.15) is 27.6 Å². The Balaban J connectivity index is 1.47. The summed E-state index contributed by atoms with van der Waals surface area (Å²) in [7, 11) is 0. The van der Waals surface area contributed by atoms with Crippen molar-refractivity contribution < 1.29 is 14.0 Å². The van der Waals surface area contributed by atoms with Crippen molar-refractivity contribution in [2.24, 2.45) is 0 Å². The summed E-state index contributed by atoms with van der Waals surface area (Å²) in [6, 6.07) is 22.6. The topological polar surface area (TPSA) is 67.5 Å². The van der Waals surface area contributed by atoms with E-state index in [9.17, 15) is 9.59 Å². The van der Waals surface area contributed by atoms with Crippen LogP contribution in [0.15, 0.2) is 77.2 Å². The van der Waals surface area contributed by atoms with E-state index in [0.29, 0.717) is 24.5 Å².